The molecule has 2 fully saturated rings. The monoisotopic (exact) mass is 687 g/mol. The van der Waals surface area contributed by atoms with E-state index >= 15 is 0 Å². The number of hydrogen-bond acceptors (Lipinski definition) is 11. The fraction of sp³-hybridized carbons (Fsp3) is 0.545. The van der Waals surface area contributed by atoms with Gasteiger partial charge in [0.2, 0.25) is 6.41 Å². The highest BCUT2D eigenvalue weighted by Crippen LogP contribution is 2.44. The molecule has 2 aliphatic heterocycles. The molecule has 0 bridgehead atoms. The Morgan fingerprint density at radius 3 is 2.77 bits per heavy atom. The summed E-state index contributed by atoms with van der Waals surface area (Å²) < 4.78 is 22.3. The fourth-order valence-electron chi connectivity index (χ4n) is 5.96. The number of amides is 1. The third-order valence-electron chi connectivity index (χ3n) is 8.35. The first-order valence-electron chi connectivity index (χ1n) is 16.3. The van der Waals surface area contributed by atoms with E-state index in [0.717, 1.165) is 46.4 Å². The molecule has 3 unspecified atom stereocenters. The number of unbranched alkanes of at least 4 members (excludes halogenated alkanes) is 2. The molecule has 2 saturated heterocycles. The Hall–Kier alpha value is -3.07. The number of hydrogen-bond donors (Lipinski definition) is 5. The van der Waals surface area contributed by atoms with Gasteiger partial charge in [-0.15, -0.1) is 0 Å². The Balaban J connectivity index is 0.000000277. The number of rotatable bonds is 18. The molecule has 1 amide bonds. The molecule has 12 nitrogen and oxygen atoms in total. The molecule has 4 heterocycles. The molecule has 2 aromatic heterocycles. The molecule has 1 aromatic carbocycles. The molecule has 3 atom stereocenters. The van der Waals surface area contributed by atoms with Crippen LogP contribution in [0.15, 0.2) is 30.5 Å². The lowest BCUT2D eigenvalue weighted by molar-refractivity contribution is -0.109. The van der Waals surface area contributed by atoms with E-state index in [1.54, 1.807) is 13.3 Å². The van der Waals surface area contributed by atoms with Gasteiger partial charge in [-0.2, -0.15) is 16.9 Å². The summed E-state index contributed by atoms with van der Waals surface area (Å²) in [5, 5.41) is 21.7. The molecule has 3 aliphatic rings. The van der Waals surface area contributed by atoms with Gasteiger partial charge in [0.05, 0.1) is 44.9 Å². The quantitative estimate of drug-likeness (QED) is 0.0573. The number of carbonyl (C=O) groups is 1. The Kier molecular flexibility index (Phi) is 13.8. The smallest absolute Gasteiger partial charge is 0.207 e. The number of nitrogens with zero attached hydrogens (tertiary/aromatic N) is 2. The zero-order valence-electron chi connectivity index (χ0n) is 27.1. The molecule has 5 N–H and O–H groups in total. The van der Waals surface area contributed by atoms with E-state index in [0.29, 0.717) is 80.6 Å². The van der Waals surface area contributed by atoms with Gasteiger partial charge in [-0.3, -0.25) is 20.5 Å². The molecule has 3 aromatic rings. The van der Waals surface area contributed by atoms with Crippen molar-refractivity contribution in [1.82, 2.24) is 31.1 Å². The summed E-state index contributed by atoms with van der Waals surface area (Å²) in [5.41, 5.74) is 4.81. The second-order valence-electron chi connectivity index (χ2n) is 11.5. The van der Waals surface area contributed by atoms with Gasteiger partial charge < -0.3 is 29.6 Å². The van der Waals surface area contributed by atoms with E-state index in [4.69, 9.17) is 30.5 Å². The van der Waals surface area contributed by atoms with Gasteiger partial charge in [0, 0.05) is 60.0 Å². The second kappa shape index (κ2) is 18.5. The van der Waals surface area contributed by atoms with E-state index in [1.165, 1.54) is 31.4 Å². The highest BCUT2D eigenvalue weighted by molar-refractivity contribution is 8.00. The van der Waals surface area contributed by atoms with Crippen LogP contribution in [0.25, 0.3) is 11.3 Å². The lowest BCUT2D eigenvalue weighted by atomic mass is 10.0. The lowest BCUT2D eigenvalue weighted by Gasteiger charge is -2.16. The Labute approximate surface area is 285 Å². The molecule has 0 radical (unpaired) electrons. The number of carbonyl (C=O) groups excluding carboxylic acids is 1. The largest absolute Gasteiger partial charge is 0.493 e. The number of methoxy groups -OCH3 is 1. The van der Waals surface area contributed by atoms with Crippen molar-refractivity contribution in [3.8, 4) is 22.8 Å². The number of pyridine rings is 1. The number of aromatic nitrogens is 3. The number of fused-ring (bicyclic) bond motifs is 4. The summed E-state index contributed by atoms with van der Waals surface area (Å²) in [5.74, 6) is 3.31. The first-order chi connectivity index (χ1) is 23.1. The van der Waals surface area contributed by atoms with Crippen LogP contribution < -0.4 is 30.7 Å². The first kappa shape index (κ1) is 35.2. The van der Waals surface area contributed by atoms with Crippen LogP contribution in [-0.4, -0.2) is 98.0 Å². The first-order valence-corrected chi connectivity index (χ1v) is 17.7. The lowest BCUT2D eigenvalue weighted by Crippen LogP contribution is -2.36. The minimum atomic E-state index is 0.376. The summed E-state index contributed by atoms with van der Waals surface area (Å²) in [4.78, 5) is 14.2. The Morgan fingerprint density at radius 1 is 1.11 bits per heavy atom. The topological polar surface area (TPSA) is 144 Å². The van der Waals surface area contributed by atoms with E-state index < -0.39 is 0 Å². The van der Waals surface area contributed by atoms with E-state index in [9.17, 15) is 4.79 Å². The average molecular weight is 688 g/mol. The normalized spacial score (nSPS) is 18.9. The van der Waals surface area contributed by atoms with Crippen LogP contribution in [0, 0.1) is 0 Å². The molecular formula is C33H46ClN7O5S. The van der Waals surface area contributed by atoms with Crippen molar-refractivity contribution in [3.63, 3.8) is 0 Å². The molecule has 14 heteroatoms. The van der Waals surface area contributed by atoms with Gasteiger partial charge in [0.1, 0.15) is 6.61 Å². The SMILES string of the molecule is CCCCCC1SCC2NCNC21.COc1cc2c(cc1OCCOCCOCCNC=O)Cc1c(Nc3cccnc3Cl)n[nH]c1-2. The van der Waals surface area contributed by atoms with Crippen LogP contribution >= 0.6 is 23.4 Å². The van der Waals surface area contributed by atoms with E-state index in [-0.39, 0.29) is 0 Å². The van der Waals surface area contributed by atoms with Gasteiger partial charge in [0.25, 0.3) is 0 Å². The van der Waals surface area contributed by atoms with Gasteiger partial charge in [0.15, 0.2) is 22.5 Å². The predicted molar refractivity (Wildman–Crippen MR) is 186 cm³/mol. The van der Waals surface area contributed by atoms with Crippen molar-refractivity contribution >= 4 is 41.3 Å². The van der Waals surface area contributed by atoms with Crippen LogP contribution in [0.2, 0.25) is 5.15 Å². The minimum absolute atomic E-state index is 0.376. The maximum atomic E-state index is 10.1. The van der Waals surface area contributed by atoms with Crippen molar-refractivity contribution in [2.45, 2.75) is 56.4 Å². The van der Waals surface area contributed by atoms with Crippen LogP contribution in [0.5, 0.6) is 11.5 Å². The van der Waals surface area contributed by atoms with Crippen LogP contribution in [0.1, 0.15) is 43.7 Å². The van der Waals surface area contributed by atoms with Crippen LogP contribution in [0.3, 0.4) is 0 Å². The summed E-state index contributed by atoms with van der Waals surface area (Å²) in [7, 11) is 1.61. The van der Waals surface area contributed by atoms with Crippen molar-refractivity contribution in [2.75, 3.05) is 64.4 Å². The second-order valence-corrected chi connectivity index (χ2v) is 13.1. The number of H-pyrrole nitrogens is 1. The predicted octanol–water partition coefficient (Wildman–Crippen LogP) is 4.51. The maximum absolute atomic E-state index is 10.1. The number of benzene rings is 1. The summed E-state index contributed by atoms with van der Waals surface area (Å²) in [6.07, 6.45) is 8.55. The van der Waals surface area contributed by atoms with Crippen LogP contribution in [0.4, 0.5) is 11.5 Å². The standard InChI is InChI=1S/C23H26ClN5O5.C10H20N2S/c1-31-19-13-16-15(12-20(19)34-10-9-33-8-7-32-6-5-25-14-30)11-17-21(16)28-29-23(17)27-18-3-2-4-26-22(18)24;1-2-3-4-5-9-10-8(6-13-9)11-7-12-10/h2-4,12-14H,5-11H2,1H3,(H,25,30)(H2,27,28,29);8-12H,2-7H2,1H3. The number of aromatic amines is 1. The number of ether oxygens (including phenoxy) is 4. The Bertz CT molecular complexity index is 1430. The third kappa shape index (κ3) is 9.52. The van der Waals surface area contributed by atoms with Gasteiger partial charge in [-0.25, -0.2) is 4.98 Å². The molecule has 256 valence electrons. The van der Waals surface area contributed by atoms with Gasteiger partial charge in [-0.1, -0.05) is 37.8 Å². The fourth-order valence-corrected chi connectivity index (χ4v) is 7.73. The maximum Gasteiger partial charge on any atom is 0.207 e. The summed E-state index contributed by atoms with van der Waals surface area (Å²) >= 11 is 8.34. The minimum Gasteiger partial charge on any atom is -0.493 e. The molecule has 6 rings (SSSR count). The third-order valence-corrected chi connectivity index (χ3v) is 10.2. The average Bonchev–Trinajstić information content (AvgIpc) is 3.87. The van der Waals surface area contributed by atoms with Crippen molar-refractivity contribution in [1.29, 1.82) is 0 Å². The van der Waals surface area contributed by atoms with Crippen molar-refractivity contribution < 1.29 is 23.7 Å². The number of nitrogens with one attached hydrogen (secondary N) is 5. The van der Waals surface area contributed by atoms with E-state index in [1.807, 2.05) is 24.3 Å². The zero-order valence-corrected chi connectivity index (χ0v) is 28.7. The number of anilines is 2. The molecule has 1 aliphatic carbocycles. The van der Waals surface area contributed by atoms with Crippen molar-refractivity contribution in [2.24, 2.45) is 0 Å². The molecular weight excluding hydrogens is 642 g/mol. The molecule has 47 heavy (non-hydrogen) atoms. The van der Waals surface area contributed by atoms with Crippen LogP contribution in [-0.2, 0) is 20.7 Å². The molecule has 0 saturated carbocycles. The summed E-state index contributed by atoms with van der Waals surface area (Å²) in [6.45, 7) is 5.94. The van der Waals surface area contributed by atoms with Gasteiger partial charge in [-0.05, 0) is 36.2 Å². The number of halogens is 1. The molecule has 0 spiro atoms. The highest BCUT2D eigenvalue weighted by Gasteiger charge is 2.38. The Morgan fingerprint density at radius 2 is 1.96 bits per heavy atom. The highest BCUT2D eigenvalue weighted by atomic mass is 35.5. The van der Waals surface area contributed by atoms with E-state index in [2.05, 4.69) is 55.1 Å². The zero-order chi connectivity index (χ0) is 32.8. The van der Waals surface area contributed by atoms with Crippen molar-refractivity contribution in [3.05, 3.63) is 46.7 Å². The summed E-state index contributed by atoms with van der Waals surface area (Å²) in [6, 6.07) is 9.14. The number of thioether (sulfide) groups is 1. The van der Waals surface area contributed by atoms with Gasteiger partial charge >= 0.3 is 0 Å².